The van der Waals surface area contributed by atoms with Gasteiger partial charge in [0.05, 0.1) is 10.7 Å². The van der Waals surface area contributed by atoms with E-state index in [1.165, 1.54) is 6.33 Å². The third-order valence-electron chi connectivity index (χ3n) is 2.14. The quantitative estimate of drug-likeness (QED) is 0.827. The van der Waals surface area contributed by atoms with Crippen molar-refractivity contribution in [1.29, 1.82) is 0 Å². The van der Waals surface area contributed by atoms with E-state index in [9.17, 15) is 0 Å². The maximum absolute atomic E-state index is 6.09. The first kappa shape index (κ1) is 12.4. The van der Waals surface area contributed by atoms with Crippen LogP contribution in [-0.2, 0) is 0 Å². The second kappa shape index (κ2) is 5.08. The van der Waals surface area contributed by atoms with E-state index in [1.807, 2.05) is 6.92 Å². The summed E-state index contributed by atoms with van der Waals surface area (Å²) in [6.07, 6.45) is 1.37. The van der Waals surface area contributed by atoms with Crippen LogP contribution in [0.25, 0.3) is 0 Å². The fraction of sp³-hybridized carbons (Fsp3) is 0.0909. The van der Waals surface area contributed by atoms with Crippen LogP contribution >= 0.6 is 34.8 Å². The van der Waals surface area contributed by atoms with Gasteiger partial charge in [-0.2, -0.15) is 0 Å². The molecular weight excluding hydrogens is 281 g/mol. The van der Waals surface area contributed by atoms with Crippen LogP contribution in [0.3, 0.4) is 0 Å². The zero-order chi connectivity index (χ0) is 12.4. The summed E-state index contributed by atoms with van der Waals surface area (Å²) in [5, 5.41) is 4.59. The van der Waals surface area contributed by atoms with Gasteiger partial charge in [0.2, 0.25) is 0 Å². The van der Waals surface area contributed by atoms with E-state index in [4.69, 9.17) is 34.8 Å². The van der Waals surface area contributed by atoms with Gasteiger partial charge in [-0.05, 0) is 24.6 Å². The molecule has 0 fully saturated rings. The molecule has 1 N–H and O–H groups in total. The predicted octanol–water partition coefficient (Wildman–Crippen LogP) is 4.49. The van der Waals surface area contributed by atoms with E-state index >= 15 is 0 Å². The zero-order valence-corrected chi connectivity index (χ0v) is 11.1. The van der Waals surface area contributed by atoms with Crippen LogP contribution in [0.4, 0.5) is 11.5 Å². The molecule has 88 valence electrons. The molecule has 0 aliphatic heterocycles. The number of benzene rings is 1. The number of halogens is 3. The third kappa shape index (κ3) is 3.00. The van der Waals surface area contributed by atoms with Gasteiger partial charge in [-0.25, -0.2) is 9.97 Å². The first-order valence-corrected chi connectivity index (χ1v) is 5.90. The summed E-state index contributed by atoms with van der Waals surface area (Å²) >= 11 is 17.9. The maximum Gasteiger partial charge on any atom is 0.135 e. The number of nitrogens with one attached hydrogen (secondary N) is 1. The third-order valence-corrected chi connectivity index (χ3v) is 3.07. The molecule has 0 spiro atoms. The lowest BCUT2D eigenvalue weighted by molar-refractivity contribution is 1.17. The highest BCUT2D eigenvalue weighted by Gasteiger charge is 2.06. The van der Waals surface area contributed by atoms with Gasteiger partial charge in [-0.15, -0.1) is 0 Å². The fourth-order valence-electron chi connectivity index (χ4n) is 1.28. The molecule has 3 nitrogen and oxygen atoms in total. The second-order valence-corrected chi connectivity index (χ2v) is 4.63. The van der Waals surface area contributed by atoms with Gasteiger partial charge in [0.15, 0.2) is 0 Å². The van der Waals surface area contributed by atoms with Crippen LogP contribution in [0.5, 0.6) is 0 Å². The molecule has 0 unspecified atom stereocenters. The molecule has 6 heteroatoms. The van der Waals surface area contributed by atoms with Crippen LogP contribution in [0.2, 0.25) is 15.2 Å². The first-order chi connectivity index (χ1) is 8.06. The van der Waals surface area contributed by atoms with Crippen LogP contribution in [0.1, 0.15) is 5.56 Å². The molecule has 1 aromatic carbocycles. The molecule has 0 saturated heterocycles. The summed E-state index contributed by atoms with van der Waals surface area (Å²) in [6.45, 7) is 1.89. The van der Waals surface area contributed by atoms with Crippen molar-refractivity contribution in [3.05, 3.63) is 45.3 Å². The van der Waals surface area contributed by atoms with Crippen molar-refractivity contribution in [3.63, 3.8) is 0 Å². The number of aromatic nitrogens is 2. The molecule has 0 saturated carbocycles. The Morgan fingerprint density at radius 2 is 1.76 bits per heavy atom. The molecule has 1 aromatic heterocycles. The summed E-state index contributed by atoms with van der Waals surface area (Å²) in [7, 11) is 0. The Morgan fingerprint density at radius 3 is 2.47 bits per heavy atom. The van der Waals surface area contributed by atoms with Gasteiger partial charge in [0.25, 0.3) is 0 Å². The molecule has 0 atom stereocenters. The number of rotatable bonds is 2. The monoisotopic (exact) mass is 287 g/mol. The standard InChI is InChI=1S/C11H8Cl3N3/c1-6-2-8(13)9(3-7(6)12)17-11-4-10(14)15-5-16-11/h2-5H,1H3,(H,15,16,17). The number of anilines is 2. The Morgan fingerprint density at radius 1 is 1.00 bits per heavy atom. The largest absolute Gasteiger partial charge is 0.339 e. The molecule has 2 rings (SSSR count). The van der Waals surface area contributed by atoms with E-state index in [0.29, 0.717) is 26.7 Å². The van der Waals surface area contributed by atoms with Crippen molar-refractivity contribution < 1.29 is 0 Å². The topological polar surface area (TPSA) is 37.8 Å². The van der Waals surface area contributed by atoms with Crippen molar-refractivity contribution in [2.75, 3.05) is 5.32 Å². The molecular formula is C11H8Cl3N3. The van der Waals surface area contributed by atoms with Crippen LogP contribution in [0.15, 0.2) is 24.5 Å². The molecule has 0 aliphatic carbocycles. The van der Waals surface area contributed by atoms with E-state index in [-0.39, 0.29) is 0 Å². The Hall–Kier alpha value is -1.03. The lowest BCUT2D eigenvalue weighted by atomic mass is 10.2. The maximum atomic E-state index is 6.09. The summed E-state index contributed by atoms with van der Waals surface area (Å²) in [5.74, 6) is 0.562. The molecule has 17 heavy (non-hydrogen) atoms. The Labute approximate surface area is 114 Å². The minimum Gasteiger partial charge on any atom is -0.339 e. The van der Waals surface area contributed by atoms with E-state index in [1.54, 1.807) is 18.2 Å². The van der Waals surface area contributed by atoms with Crippen molar-refractivity contribution in [1.82, 2.24) is 9.97 Å². The van der Waals surface area contributed by atoms with Crippen molar-refractivity contribution in [2.45, 2.75) is 6.92 Å². The Balaban J connectivity index is 2.33. The van der Waals surface area contributed by atoms with Gasteiger partial charge in [0, 0.05) is 11.1 Å². The second-order valence-electron chi connectivity index (χ2n) is 3.43. The lowest BCUT2D eigenvalue weighted by Crippen LogP contribution is -1.95. The molecule has 0 aliphatic rings. The highest BCUT2D eigenvalue weighted by atomic mass is 35.5. The normalized spacial score (nSPS) is 10.4. The van der Waals surface area contributed by atoms with Crippen LogP contribution in [-0.4, -0.2) is 9.97 Å². The molecule has 0 bridgehead atoms. The predicted molar refractivity (Wildman–Crippen MR) is 71.5 cm³/mol. The van der Waals surface area contributed by atoms with Crippen molar-refractivity contribution in [2.24, 2.45) is 0 Å². The Bertz CT molecular complexity index is 558. The Kier molecular flexibility index (Phi) is 3.72. The SMILES string of the molecule is Cc1cc(Cl)c(Nc2cc(Cl)ncn2)cc1Cl. The van der Waals surface area contributed by atoms with E-state index in [2.05, 4.69) is 15.3 Å². The van der Waals surface area contributed by atoms with E-state index in [0.717, 1.165) is 5.56 Å². The lowest BCUT2D eigenvalue weighted by Gasteiger charge is -2.09. The highest BCUT2D eigenvalue weighted by molar-refractivity contribution is 6.36. The number of hydrogen-bond acceptors (Lipinski definition) is 3. The van der Waals surface area contributed by atoms with Crippen LogP contribution in [0, 0.1) is 6.92 Å². The number of hydrogen-bond donors (Lipinski definition) is 1. The zero-order valence-electron chi connectivity index (χ0n) is 8.84. The summed E-state index contributed by atoms with van der Waals surface area (Å²) in [5.41, 5.74) is 1.60. The van der Waals surface area contributed by atoms with Gasteiger partial charge >= 0.3 is 0 Å². The summed E-state index contributed by atoms with van der Waals surface area (Å²) in [4.78, 5) is 7.81. The van der Waals surface area contributed by atoms with Crippen molar-refractivity contribution in [3.8, 4) is 0 Å². The van der Waals surface area contributed by atoms with Crippen molar-refractivity contribution >= 4 is 46.3 Å². The minimum atomic E-state index is 0.358. The van der Waals surface area contributed by atoms with Gasteiger partial charge < -0.3 is 5.32 Å². The van der Waals surface area contributed by atoms with Gasteiger partial charge in [-0.1, -0.05) is 34.8 Å². The molecule has 1 heterocycles. The number of aryl methyl sites for hydroxylation is 1. The fourth-order valence-corrected chi connectivity index (χ4v) is 1.86. The number of nitrogens with zero attached hydrogens (tertiary/aromatic N) is 2. The molecule has 0 radical (unpaired) electrons. The summed E-state index contributed by atoms with van der Waals surface area (Å²) in [6, 6.07) is 5.13. The first-order valence-electron chi connectivity index (χ1n) is 4.76. The molecule has 2 aromatic rings. The molecule has 0 amide bonds. The van der Waals surface area contributed by atoms with Gasteiger partial charge in [-0.3, -0.25) is 0 Å². The highest BCUT2D eigenvalue weighted by Crippen LogP contribution is 2.30. The van der Waals surface area contributed by atoms with E-state index < -0.39 is 0 Å². The van der Waals surface area contributed by atoms with Gasteiger partial charge in [0.1, 0.15) is 17.3 Å². The van der Waals surface area contributed by atoms with Crippen LogP contribution < -0.4 is 5.32 Å². The summed E-state index contributed by atoms with van der Waals surface area (Å²) < 4.78 is 0. The average molecular weight is 289 g/mol. The smallest absolute Gasteiger partial charge is 0.135 e. The minimum absolute atomic E-state index is 0.358. The average Bonchev–Trinajstić information content (AvgIpc) is 2.26.